The first kappa shape index (κ1) is 22.2. The molecular weight excluding hydrogens is 426 g/mol. The van der Waals surface area contributed by atoms with Crippen molar-refractivity contribution in [2.75, 3.05) is 11.4 Å². The lowest BCUT2D eigenvalue weighted by Crippen LogP contribution is -2.40. The van der Waals surface area contributed by atoms with E-state index < -0.39 is 0 Å². The maximum absolute atomic E-state index is 13.7. The SMILES string of the molecule is CCc1ccc(N2C[C@H](C)Cn3c2nc2c3c(=O)n(Cc3cc(C)ccc3C)c(=O)n2C)cc1. The molecule has 1 atom stereocenters. The first-order valence-corrected chi connectivity index (χ1v) is 11.9. The molecule has 0 fully saturated rings. The Balaban J connectivity index is 1.70. The fourth-order valence-electron chi connectivity index (χ4n) is 4.91. The molecule has 5 rings (SSSR count). The summed E-state index contributed by atoms with van der Waals surface area (Å²) in [5.74, 6) is 1.04. The molecule has 0 spiro atoms. The Bertz CT molecular complexity index is 1510. The van der Waals surface area contributed by atoms with Crippen LogP contribution in [0, 0.1) is 19.8 Å². The molecule has 4 aromatic rings. The maximum Gasteiger partial charge on any atom is 0.332 e. The highest BCUT2D eigenvalue weighted by Gasteiger charge is 2.30. The Labute approximate surface area is 198 Å². The number of rotatable bonds is 4. The van der Waals surface area contributed by atoms with Crippen LogP contribution in [0.5, 0.6) is 0 Å². The van der Waals surface area contributed by atoms with Gasteiger partial charge in [0.15, 0.2) is 11.2 Å². The van der Waals surface area contributed by atoms with Crippen LogP contribution in [0.2, 0.25) is 0 Å². The van der Waals surface area contributed by atoms with Gasteiger partial charge in [-0.1, -0.05) is 49.7 Å². The zero-order valence-electron chi connectivity index (χ0n) is 20.5. The molecule has 0 N–H and O–H groups in total. The molecule has 0 saturated carbocycles. The Morgan fingerprint density at radius 1 is 1.03 bits per heavy atom. The van der Waals surface area contributed by atoms with Gasteiger partial charge < -0.3 is 9.47 Å². The van der Waals surface area contributed by atoms with Crippen molar-refractivity contribution in [3.8, 4) is 0 Å². The van der Waals surface area contributed by atoms with Crippen LogP contribution >= 0.6 is 0 Å². The van der Waals surface area contributed by atoms with Crippen molar-refractivity contribution in [3.05, 3.63) is 85.6 Å². The second-order valence-corrected chi connectivity index (χ2v) is 9.59. The van der Waals surface area contributed by atoms with Crippen molar-refractivity contribution in [2.45, 2.75) is 47.2 Å². The maximum atomic E-state index is 13.7. The van der Waals surface area contributed by atoms with Crippen molar-refractivity contribution in [1.82, 2.24) is 18.7 Å². The Hall–Kier alpha value is -3.61. The standard InChI is InChI=1S/C27H31N5O2/c1-6-20-9-11-22(12-10-20)30-14-18(3)15-31-23-24(28-26(30)31)29(5)27(34)32(25(23)33)16-21-13-17(2)7-8-19(21)4/h7-13,18H,6,14-16H2,1-5H3/t18-/m0/s1. The minimum absolute atomic E-state index is 0.243. The second-order valence-electron chi connectivity index (χ2n) is 9.59. The zero-order valence-corrected chi connectivity index (χ0v) is 20.5. The van der Waals surface area contributed by atoms with Crippen LogP contribution in [0.1, 0.15) is 36.1 Å². The van der Waals surface area contributed by atoms with Crippen molar-refractivity contribution >= 4 is 22.8 Å². The monoisotopic (exact) mass is 457 g/mol. The minimum Gasteiger partial charge on any atom is -0.312 e. The molecule has 2 aromatic heterocycles. The molecule has 0 amide bonds. The average Bonchev–Trinajstić information content (AvgIpc) is 3.21. The number of aryl methyl sites for hydroxylation is 4. The summed E-state index contributed by atoms with van der Waals surface area (Å²) < 4.78 is 4.85. The predicted octanol–water partition coefficient (Wildman–Crippen LogP) is 3.91. The molecule has 0 saturated heterocycles. The molecule has 0 bridgehead atoms. The van der Waals surface area contributed by atoms with Gasteiger partial charge in [-0.2, -0.15) is 4.98 Å². The van der Waals surface area contributed by atoms with Gasteiger partial charge in [0.1, 0.15) is 0 Å². The van der Waals surface area contributed by atoms with E-state index in [1.807, 2.05) is 36.6 Å². The second kappa shape index (κ2) is 8.31. The number of anilines is 2. The number of benzene rings is 2. The summed E-state index contributed by atoms with van der Waals surface area (Å²) in [6, 6.07) is 14.6. The third-order valence-corrected chi connectivity index (χ3v) is 6.93. The van der Waals surface area contributed by atoms with Crippen LogP contribution in [0.4, 0.5) is 11.6 Å². The van der Waals surface area contributed by atoms with Crippen molar-refractivity contribution < 1.29 is 0 Å². The van der Waals surface area contributed by atoms with Gasteiger partial charge >= 0.3 is 5.69 Å². The third kappa shape index (κ3) is 3.56. The first-order valence-electron chi connectivity index (χ1n) is 11.9. The van der Waals surface area contributed by atoms with Gasteiger partial charge in [0.2, 0.25) is 5.95 Å². The number of hydrogen-bond donors (Lipinski definition) is 0. The smallest absolute Gasteiger partial charge is 0.312 e. The highest BCUT2D eigenvalue weighted by Crippen LogP contribution is 2.33. The number of nitrogens with zero attached hydrogens (tertiary/aromatic N) is 5. The topological polar surface area (TPSA) is 65.1 Å². The van der Waals surface area contributed by atoms with Gasteiger partial charge in [0.25, 0.3) is 5.56 Å². The average molecular weight is 458 g/mol. The van der Waals surface area contributed by atoms with E-state index >= 15 is 0 Å². The van der Waals surface area contributed by atoms with E-state index in [1.54, 1.807) is 7.05 Å². The molecular formula is C27H31N5O2. The molecule has 176 valence electrons. The van der Waals surface area contributed by atoms with E-state index in [0.717, 1.165) is 35.3 Å². The van der Waals surface area contributed by atoms with E-state index in [0.29, 0.717) is 29.6 Å². The van der Waals surface area contributed by atoms with E-state index in [1.165, 1.54) is 14.7 Å². The lowest BCUT2D eigenvalue weighted by atomic mass is 10.1. The van der Waals surface area contributed by atoms with Gasteiger partial charge in [0, 0.05) is 25.8 Å². The summed E-state index contributed by atoms with van der Waals surface area (Å²) in [6.45, 7) is 10.1. The van der Waals surface area contributed by atoms with Crippen LogP contribution in [0.25, 0.3) is 11.2 Å². The summed E-state index contributed by atoms with van der Waals surface area (Å²) in [5.41, 5.74) is 5.75. The van der Waals surface area contributed by atoms with Gasteiger partial charge in [-0.3, -0.25) is 13.9 Å². The lowest BCUT2D eigenvalue weighted by molar-refractivity contribution is 0.458. The lowest BCUT2D eigenvalue weighted by Gasteiger charge is -2.33. The van der Waals surface area contributed by atoms with Gasteiger partial charge in [0.05, 0.1) is 6.54 Å². The van der Waals surface area contributed by atoms with Crippen LogP contribution in [-0.4, -0.2) is 25.2 Å². The predicted molar refractivity (Wildman–Crippen MR) is 136 cm³/mol. The molecule has 34 heavy (non-hydrogen) atoms. The van der Waals surface area contributed by atoms with Crippen LogP contribution in [0.3, 0.4) is 0 Å². The molecule has 1 aliphatic rings. The quantitative estimate of drug-likeness (QED) is 0.466. The number of imidazole rings is 1. The molecule has 7 nitrogen and oxygen atoms in total. The van der Waals surface area contributed by atoms with Crippen molar-refractivity contribution in [3.63, 3.8) is 0 Å². The Kier molecular flexibility index (Phi) is 5.42. The van der Waals surface area contributed by atoms with Gasteiger partial charge in [-0.25, -0.2) is 4.79 Å². The third-order valence-electron chi connectivity index (χ3n) is 6.93. The van der Waals surface area contributed by atoms with E-state index in [-0.39, 0.29) is 17.8 Å². The molecule has 0 unspecified atom stereocenters. The largest absolute Gasteiger partial charge is 0.332 e. The molecule has 7 heteroatoms. The van der Waals surface area contributed by atoms with E-state index in [4.69, 9.17) is 4.98 Å². The minimum atomic E-state index is -0.347. The summed E-state index contributed by atoms with van der Waals surface area (Å²) >= 11 is 0. The van der Waals surface area contributed by atoms with E-state index in [9.17, 15) is 9.59 Å². The number of aromatic nitrogens is 4. The molecule has 1 aliphatic heterocycles. The molecule has 3 heterocycles. The van der Waals surface area contributed by atoms with Gasteiger partial charge in [-0.05, 0) is 55.0 Å². The molecule has 2 aromatic carbocycles. The van der Waals surface area contributed by atoms with Crippen LogP contribution in [0.15, 0.2) is 52.1 Å². The fraction of sp³-hybridized carbons (Fsp3) is 0.370. The van der Waals surface area contributed by atoms with Crippen molar-refractivity contribution in [1.29, 1.82) is 0 Å². The number of hydrogen-bond acceptors (Lipinski definition) is 4. The Morgan fingerprint density at radius 2 is 1.76 bits per heavy atom. The number of fused-ring (bicyclic) bond motifs is 3. The van der Waals surface area contributed by atoms with E-state index in [2.05, 4.69) is 43.0 Å². The highest BCUT2D eigenvalue weighted by molar-refractivity contribution is 5.77. The van der Waals surface area contributed by atoms with Crippen LogP contribution in [-0.2, 0) is 26.6 Å². The summed E-state index contributed by atoms with van der Waals surface area (Å²) in [7, 11) is 1.70. The van der Waals surface area contributed by atoms with Crippen LogP contribution < -0.4 is 16.1 Å². The summed E-state index contributed by atoms with van der Waals surface area (Å²) in [5, 5.41) is 0. The zero-order chi connectivity index (χ0) is 24.1. The molecule has 0 aliphatic carbocycles. The normalized spacial score (nSPS) is 15.7. The summed E-state index contributed by atoms with van der Waals surface area (Å²) in [4.78, 5) is 34.0. The van der Waals surface area contributed by atoms with Crippen molar-refractivity contribution in [2.24, 2.45) is 13.0 Å². The Morgan fingerprint density at radius 3 is 2.47 bits per heavy atom. The van der Waals surface area contributed by atoms with Gasteiger partial charge in [-0.15, -0.1) is 0 Å². The summed E-state index contributed by atoms with van der Waals surface area (Å²) in [6.07, 6.45) is 0.983. The highest BCUT2D eigenvalue weighted by atomic mass is 16.2. The molecule has 0 radical (unpaired) electrons. The first-order chi connectivity index (χ1) is 16.3. The fourth-order valence-corrected chi connectivity index (χ4v) is 4.91.